The molecule has 0 spiro atoms. The number of nitriles is 1. The largest absolute Gasteiger partial charge is 0.325 e. The first kappa shape index (κ1) is 7.30. The molecule has 0 aromatic heterocycles. The summed E-state index contributed by atoms with van der Waals surface area (Å²) in [5.41, 5.74) is 6.66. The minimum Gasteiger partial charge on any atom is -0.325 e. The molecule has 2 N–H and O–H groups in total. The van der Waals surface area contributed by atoms with Crippen LogP contribution in [0.1, 0.15) is 26.2 Å². The fraction of sp³-hybridized carbons (Fsp3) is 0.625. The number of allylic oxidation sites excluding steroid dienone is 1. The smallest absolute Gasteiger partial charge is 0.0943 e. The van der Waals surface area contributed by atoms with Gasteiger partial charge in [0.05, 0.1) is 6.07 Å². The van der Waals surface area contributed by atoms with E-state index >= 15 is 0 Å². The third-order valence-electron chi connectivity index (χ3n) is 1.92. The van der Waals surface area contributed by atoms with Crippen molar-refractivity contribution in [1.82, 2.24) is 0 Å². The second kappa shape index (κ2) is 2.43. The molecule has 0 heterocycles. The van der Waals surface area contributed by atoms with Crippen LogP contribution in [0.3, 0.4) is 0 Å². The highest BCUT2D eigenvalue weighted by Gasteiger charge is 2.21. The van der Waals surface area contributed by atoms with Gasteiger partial charge in [0.1, 0.15) is 0 Å². The van der Waals surface area contributed by atoms with Gasteiger partial charge in [0.15, 0.2) is 0 Å². The van der Waals surface area contributed by atoms with Crippen molar-refractivity contribution in [3.05, 3.63) is 11.6 Å². The van der Waals surface area contributed by atoms with Crippen LogP contribution < -0.4 is 5.73 Å². The fourth-order valence-electron chi connectivity index (χ4n) is 1.08. The van der Waals surface area contributed by atoms with E-state index < -0.39 is 0 Å². The van der Waals surface area contributed by atoms with E-state index in [4.69, 9.17) is 11.0 Å². The fourth-order valence-corrected chi connectivity index (χ4v) is 1.08. The van der Waals surface area contributed by atoms with Gasteiger partial charge in [-0.25, -0.2) is 0 Å². The molecule has 0 radical (unpaired) electrons. The van der Waals surface area contributed by atoms with Gasteiger partial charge < -0.3 is 5.73 Å². The van der Waals surface area contributed by atoms with Gasteiger partial charge in [-0.3, -0.25) is 0 Å². The molecule has 0 amide bonds. The summed E-state index contributed by atoms with van der Waals surface area (Å²) in [5.74, 6) is 0. The maximum absolute atomic E-state index is 8.50. The third-order valence-corrected chi connectivity index (χ3v) is 1.92. The van der Waals surface area contributed by atoms with E-state index in [1.54, 1.807) is 0 Å². The zero-order valence-corrected chi connectivity index (χ0v) is 6.22. The predicted octanol–water partition coefficient (Wildman–Crippen LogP) is 1.34. The number of nitrogens with two attached hydrogens (primary N) is 1. The summed E-state index contributed by atoms with van der Waals surface area (Å²) in [6.45, 7) is 2.03. The van der Waals surface area contributed by atoms with Gasteiger partial charge in [-0.1, -0.05) is 6.08 Å². The average Bonchev–Trinajstić information content (AvgIpc) is 1.88. The molecule has 0 bridgehead atoms. The molecule has 1 atom stereocenters. The zero-order chi connectivity index (χ0) is 7.61. The van der Waals surface area contributed by atoms with Crippen molar-refractivity contribution in [2.75, 3.05) is 0 Å². The number of nitrogens with zero attached hydrogens (tertiary/aromatic N) is 1. The van der Waals surface area contributed by atoms with Crippen molar-refractivity contribution in [2.45, 2.75) is 31.7 Å². The molecule has 1 aliphatic carbocycles. The minimum absolute atomic E-state index is 0.0691. The molecule has 0 saturated carbocycles. The molecular formula is C8H12N2. The number of hydrogen-bond acceptors (Lipinski definition) is 2. The molecule has 54 valence electrons. The zero-order valence-electron chi connectivity index (χ0n) is 6.22. The molecule has 2 heteroatoms. The third kappa shape index (κ3) is 1.58. The van der Waals surface area contributed by atoms with E-state index in [1.807, 2.05) is 13.0 Å². The molecule has 0 aromatic carbocycles. The summed E-state index contributed by atoms with van der Waals surface area (Å²) in [5, 5.41) is 8.50. The maximum Gasteiger partial charge on any atom is 0.0943 e. The average molecular weight is 136 g/mol. The van der Waals surface area contributed by atoms with Crippen molar-refractivity contribution < 1.29 is 0 Å². The minimum atomic E-state index is -0.0691. The lowest BCUT2D eigenvalue weighted by Gasteiger charge is -2.26. The van der Waals surface area contributed by atoms with E-state index in [1.165, 1.54) is 0 Å². The first-order valence-electron chi connectivity index (χ1n) is 3.52. The SMILES string of the molecule is CC1(N)CC=C(C#N)CC1. The van der Waals surface area contributed by atoms with Crippen molar-refractivity contribution in [3.8, 4) is 6.07 Å². The molecule has 0 saturated heterocycles. The highest BCUT2D eigenvalue weighted by atomic mass is 14.7. The maximum atomic E-state index is 8.50. The summed E-state index contributed by atoms with van der Waals surface area (Å²) in [6.07, 6.45) is 4.58. The predicted molar refractivity (Wildman–Crippen MR) is 40.1 cm³/mol. The van der Waals surface area contributed by atoms with Crippen LogP contribution in [0.15, 0.2) is 11.6 Å². The van der Waals surface area contributed by atoms with Gasteiger partial charge in [-0.05, 0) is 26.2 Å². The van der Waals surface area contributed by atoms with Gasteiger partial charge in [0.25, 0.3) is 0 Å². The van der Waals surface area contributed by atoms with Gasteiger partial charge in [0, 0.05) is 11.1 Å². The van der Waals surface area contributed by atoms with E-state index in [9.17, 15) is 0 Å². The molecule has 0 aliphatic heterocycles. The summed E-state index contributed by atoms with van der Waals surface area (Å²) in [6, 6.07) is 2.15. The monoisotopic (exact) mass is 136 g/mol. The van der Waals surface area contributed by atoms with Crippen molar-refractivity contribution in [2.24, 2.45) is 5.73 Å². The number of hydrogen-bond donors (Lipinski definition) is 1. The van der Waals surface area contributed by atoms with Crippen LogP contribution in [0.25, 0.3) is 0 Å². The van der Waals surface area contributed by atoms with E-state index in [-0.39, 0.29) is 5.54 Å². The molecule has 10 heavy (non-hydrogen) atoms. The molecule has 1 unspecified atom stereocenters. The summed E-state index contributed by atoms with van der Waals surface area (Å²) < 4.78 is 0. The first-order valence-corrected chi connectivity index (χ1v) is 3.52. The van der Waals surface area contributed by atoms with Crippen LogP contribution in [0.2, 0.25) is 0 Å². The van der Waals surface area contributed by atoms with Gasteiger partial charge in [-0.15, -0.1) is 0 Å². The molecule has 2 nitrogen and oxygen atoms in total. The van der Waals surface area contributed by atoms with Crippen LogP contribution in [0.4, 0.5) is 0 Å². The number of rotatable bonds is 0. The molecule has 0 fully saturated rings. The lowest BCUT2D eigenvalue weighted by atomic mass is 9.85. The van der Waals surface area contributed by atoms with Crippen LogP contribution in [-0.4, -0.2) is 5.54 Å². The highest BCUT2D eigenvalue weighted by Crippen LogP contribution is 2.23. The van der Waals surface area contributed by atoms with Crippen LogP contribution >= 0.6 is 0 Å². The Bertz CT molecular complexity index is 196. The van der Waals surface area contributed by atoms with E-state index in [0.717, 1.165) is 24.8 Å². The topological polar surface area (TPSA) is 49.8 Å². The molecule has 1 rings (SSSR count). The van der Waals surface area contributed by atoms with Gasteiger partial charge in [0.2, 0.25) is 0 Å². The second-order valence-electron chi connectivity index (χ2n) is 3.20. The summed E-state index contributed by atoms with van der Waals surface area (Å²) in [7, 11) is 0. The molecule has 1 aliphatic rings. The summed E-state index contributed by atoms with van der Waals surface area (Å²) in [4.78, 5) is 0. The van der Waals surface area contributed by atoms with Crippen molar-refractivity contribution >= 4 is 0 Å². The lowest BCUT2D eigenvalue weighted by molar-refractivity contribution is 0.422. The summed E-state index contributed by atoms with van der Waals surface area (Å²) >= 11 is 0. The Labute approximate surface area is 61.3 Å². The lowest BCUT2D eigenvalue weighted by Crippen LogP contribution is -2.37. The second-order valence-corrected chi connectivity index (χ2v) is 3.20. The Morgan fingerprint density at radius 3 is 2.90 bits per heavy atom. The Hall–Kier alpha value is -0.810. The Morgan fingerprint density at radius 1 is 1.80 bits per heavy atom. The molecular weight excluding hydrogens is 124 g/mol. The van der Waals surface area contributed by atoms with Crippen LogP contribution in [-0.2, 0) is 0 Å². The van der Waals surface area contributed by atoms with Crippen molar-refractivity contribution in [3.63, 3.8) is 0 Å². The first-order chi connectivity index (χ1) is 4.64. The normalized spacial score (nSPS) is 32.7. The van der Waals surface area contributed by atoms with Gasteiger partial charge in [-0.2, -0.15) is 5.26 Å². The van der Waals surface area contributed by atoms with Crippen LogP contribution in [0.5, 0.6) is 0 Å². The van der Waals surface area contributed by atoms with Gasteiger partial charge >= 0.3 is 0 Å². The quantitative estimate of drug-likeness (QED) is 0.546. The Kier molecular flexibility index (Phi) is 1.78. The molecule has 0 aromatic rings. The van der Waals surface area contributed by atoms with Crippen LogP contribution in [0, 0.1) is 11.3 Å². The van der Waals surface area contributed by atoms with E-state index in [2.05, 4.69) is 6.07 Å². The Balaban J connectivity index is 2.63. The van der Waals surface area contributed by atoms with E-state index in [0.29, 0.717) is 0 Å². The van der Waals surface area contributed by atoms with Crippen molar-refractivity contribution in [1.29, 1.82) is 5.26 Å². The Morgan fingerprint density at radius 2 is 2.50 bits per heavy atom. The highest BCUT2D eigenvalue weighted by molar-refractivity contribution is 5.24. The standard InChI is InChI=1S/C8H12N2/c1-8(10)4-2-7(6-9)3-5-8/h2H,3-5,10H2,1H3.